The number of rotatable bonds is 5. The predicted octanol–water partition coefficient (Wildman–Crippen LogP) is 2.21. The summed E-state index contributed by atoms with van der Waals surface area (Å²) < 4.78 is 5.30. The van der Waals surface area contributed by atoms with E-state index in [1.807, 2.05) is 30.0 Å². The second kappa shape index (κ2) is 7.53. The molecule has 0 bridgehead atoms. The molecule has 5 nitrogen and oxygen atoms in total. The van der Waals surface area contributed by atoms with E-state index in [1.54, 1.807) is 7.11 Å². The van der Waals surface area contributed by atoms with Crippen molar-refractivity contribution in [1.82, 2.24) is 4.90 Å². The molecule has 1 amide bonds. The van der Waals surface area contributed by atoms with Crippen molar-refractivity contribution in [3.05, 3.63) is 23.8 Å². The minimum atomic E-state index is -0.311. The summed E-state index contributed by atoms with van der Waals surface area (Å²) in [5, 5.41) is 9.66. The molecule has 2 aliphatic rings. The molecule has 1 N–H and O–H groups in total. The molecule has 1 saturated heterocycles. The average Bonchev–Trinajstić information content (AvgIpc) is 2.99. The number of amides is 1. The highest BCUT2D eigenvalue weighted by atomic mass is 16.5. The van der Waals surface area contributed by atoms with Crippen molar-refractivity contribution in [3.63, 3.8) is 0 Å². The van der Waals surface area contributed by atoms with E-state index in [4.69, 9.17) is 4.74 Å². The molecular weight excluding hydrogens is 304 g/mol. The first-order chi connectivity index (χ1) is 11.6. The Labute approximate surface area is 144 Å². The number of anilines is 1. The molecule has 3 rings (SSSR count). The molecule has 0 aliphatic carbocycles. The highest BCUT2D eigenvalue weighted by Crippen LogP contribution is 2.31. The van der Waals surface area contributed by atoms with Crippen LogP contribution in [0.5, 0.6) is 5.75 Å². The monoisotopic (exact) mass is 332 g/mol. The summed E-state index contributed by atoms with van der Waals surface area (Å²) >= 11 is 0. The first kappa shape index (κ1) is 17.2. The van der Waals surface area contributed by atoms with Crippen LogP contribution >= 0.6 is 0 Å². The van der Waals surface area contributed by atoms with Crippen LogP contribution in [0.25, 0.3) is 0 Å². The molecule has 132 valence electrons. The van der Waals surface area contributed by atoms with Gasteiger partial charge in [0.15, 0.2) is 0 Å². The zero-order chi connectivity index (χ0) is 17.1. The number of ether oxygens (including phenoxy) is 1. The Hall–Kier alpha value is -1.59. The van der Waals surface area contributed by atoms with Gasteiger partial charge < -0.3 is 14.7 Å². The Kier molecular flexibility index (Phi) is 5.41. The van der Waals surface area contributed by atoms with Gasteiger partial charge in [-0.2, -0.15) is 0 Å². The third kappa shape index (κ3) is 3.73. The van der Waals surface area contributed by atoms with Crippen LogP contribution in [0.1, 0.15) is 38.2 Å². The minimum Gasteiger partial charge on any atom is -0.497 e. The van der Waals surface area contributed by atoms with Crippen molar-refractivity contribution in [1.29, 1.82) is 0 Å². The fourth-order valence-electron chi connectivity index (χ4n) is 3.98. The van der Waals surface area contributed by atoms with Crippen molar-refractivity contribution >= 4 is 11.6 Å². The maximum atomic E-state index is 12.9. The van der Waals surface area contributed by atoms with E-state index >= 15 is 0 Å². The highest BCUT2D eigenvalue weighted by molar-refractivity contribution is 5.96. The third-order valence-electron chi connectivity index (χ3n) is 5.16. The lowest BCUT2D eigenvalue weighted by atomic mass is 10.0. The van der Waals surface area contributed by atoms with E-state index in [0.29, 0.717) is 12.6 Å². The first-order valence-corrected chi connectivity index (χ1v) is 8.98. The van der Waals surface area contributed by atoms with Crippen molar-refractivity contribution < 1.29 is 14.6 Å². The predicted molar refractivity (Wildman–Crippen MR) is 94.6 cm³/mol. The van der Waals surface area contributed by atoms with Gasteiger partial charge >= 0.3 is 0 Å². The fourth-order valence-corrected chi connectivity index (χ4v) is 3.98. The van der Waals surface area contributed by atoms with E-state index in [0.717, 1.165) is 56.6 Å². The van der Waals surface area contributed by atoms with E-state index in [9.17, 15) is 9.90 Å². The Morgan fingerprint density at radius 3 is 2.96 bits per heavy atom. The quantitative estimate of drug-likeness (QED) is 0.898. The number of nitrogens with zero attached hydrogens (tertiary/aromatic N) is 2. The summed E-state index contributed by atoms with van der Waals surface area (Å²) in [5.74, 6) is 1.01. The maximum absolute atomic E-state index is 12.9. The van der Waals surface area contributed by atoms with Crippen molar-refractivity contribution in [2.24, 2.45) is 0 Å². The van der Waals surface area contributed by atoms with Gasteiger partial charge in [-0.25, -0.2) is 0 Å². The molecule has 0 radical (unpaired) electrons. The summed E-state index contributed by atoms with van der Waals surface area (Å²) in [4.78, 5) is 17.1. The first-order valence-electron chi connectivity index (χ1n) is 8.98. The highest BCUT2D eigenvalue weighted by Gasteiger charge is 2.30. The Balaban J connectivity index is 1.70. The summed E-state index contributed by atoms with van der Waals surface area (Å²) in [6.45, 7) is 4.01. The van der Waals surface area contributed by atoms with Gasteiger partial charge in [-0.1, -0.05) is 0 Å². The largest absolute Gasteiger partial charge is 0.497 e. The van der Waals surface area contributed by atoms with Crippen LogP contribution in [0.4, 0.5) is 5.69 Å². The van der Waals surface area contributed by atoms with Gasteiger partial charge in [0.05, 0.1) is 19.8 Å². The molecule has 2 atom stereocenters. The van der Waals surface area contributed by atoms with Gasteiger partial charge in [0, 0.05) is 18.3 Å². The van der Waals surface area contributed by atoms with Crippen LogP contribution in [-0.2, 0) is 11.2 Å². The topological polar surface area (TPSA) is 53.0 Å². The number of likely N-dealkylation sites (tertiary alicyclic amines) is 1. The average molecular weight is 332 g/mol. The summed E-state index contributed by atoms with van der Waals surface area (Å²) in [7, 11) is 1.67. The lowest BCUT2D eigenvalue weighted by molar-refractivity contribution is -0.120. The number of carbonyl (C=O) groups excluding carboxylic acids is 1. The van der Waals surface area contributed by atoms with Gasteiger partial charge in [-0.05, 0) is 69.3 Å². The number of hydrogen-bond acceptors (Lipinski definition) is 4. The van der Waals surface area contributed by atoms with Gasteiger partial charge in [-0.3, -0.25) is 9.69 Å². The smallest absolute Gasteiger partial charge is 0.241 e. The molecule has 2 aliphatic heterocycles. The molecular formula is C19H28N2O3. The van der Waals surface area contributed by atoms with E-state index in [1.165, 1.54) is 5.56 Å². The Morgan fingerprint density at radius 2 is 2.21 bits per heavy atom. The molecule has 0 spiro atoms. The number of carbonyl (C=O) groups is 1. The van der Waals surface area contributed by atoms with E-state index in [2.05, 4.69) is 4.90 Å². The summed E-state index contributed by atoms with van der Waals surface area (Å²) in [6, 6.07) is 6.30. The Bertz CT molecular complexity index is 588. The SMILES string of the molecule is COc1ccc2c(c1)CCCN2C(=O)CN1CCCC1CC(C)O. The zero-order valence-electron chi connectivity index (χ0n) is 14.7. The maximum Gasteiger partial charge on any atom is 0.241 e. The number of aryl methyl sites for hydroxylation is 1. The second-order valence-corrected chi connectivity index (χ2v) is 6.99. The van der Waals surface area contributed by atoms with Crippen molar-refractivity contribution in [2.45, 2.75) is 51.2 Å². The van der Waals surface area contributed by atoms with Crippen LogP contribution in [0, 0.1) is 0 Å². The van der Waals surface area contributed by atoms with Gasteiger partial charge in [0.25, 0.3) is 0 Å². The number of fused-ring (bicyclic) bond motifs is 1. The number of benzene rings is 1. The van der Waals surface area contributed by atoms with Crippen LogP contribution in [0.3, 0.4) is 0 Å². The van der Waals surface area contributed by atoms with Crippen LogP contribution in [-0.4, -0.2) is 54.8 Å². The van der Waals surface area contributed by atoms with Gasteiger partial charge in [-0.15, -0.1) is 0 Å². The molecule has 5 heteroatoms. The molecule has 1 aromatic carbocycles. The molecule has 2 unspecified atom stereocenters. The minimum absolute atomic E-state index is 0.165. The number of aliphatic hydroxyl groups is 1. The Morgan fingerprint density at radius 1 is 1.38 bits per heavy atom. The standard InChI is InChI=1S/C19H28N2O3/c1-14(22)11-16-6-4-9-20(16)13-19(23)21-10-3-5-15-12-17(24-2)7-8-18(15)21/h7-8,12,14,16,22H,3-6,9-11,13H2,1-2H3. The number of aliphatic hydroxyl groups excluding tert-OH is 1. The molecule has 0 saturated carbocycles. The van der Waals surface area contributed by atoms with Crippen molar-refractivity contribution in [3.8, 4) is 5.75 Å². The summed E-state index contributed by atoms with van der Waals surface area (Å²) in [6.07, 6.45) is 4.60. The molecule has 0 aromatic heterocycles. The normalized spacial score (nSPS) is 22.3. The third-order valence-corrected chi connectivity index (χ3v) is 5.16. The van der Waals surface area contributed by atoms with E-state index < -0.39 is 0 Å². The fraction of sp³-hybridized carbons (Fsp3) is 0.632. The summed E-state index contributed by atoms with van der Waals surface area (Å²) in [5.41, 5.74) is 2.22. The molecule has 24 heavy (non-hydrogen) atoms. The number of methoxy groups -OCH3 is 1. The van der Waals surface area contributed by atoms with Gasteiger partial charge in [0.2, 0.25) is 5.91 Å². The van der Waals surface area contributed by atoms with Crippen LogP contribution < -0.4 is 9.64 Å². The lowest BCUT2D eigenvalue weighted by Gasteiger charge is -2.32. The van der Waals surface area contributed by atoms with Crippen LogP contribution in [0.2, 0.25) is 0 Å². The lowest BCUT2D eigenvalue weighted by Crippen LogP contribution is -2.44. The number of hydrogen-bond donors (Lipinski definition) is 1. The molecule has 1 aromatic rings. The van der Waals surface area contributed by atoms with Crippen LogP contribution in [0.15, 0.2) is 18.2 Å². The zero-order valence-corrected chi connectivity index (χ0v) is 14.7. The van der Waals surface area contributed by atoms with E-state index in [-0.39, 0.29) is 12.0 Å². The van der Waals surface area contributed by atoms with Gasteiger partial charge in [0.1, 0.15) is 5.75 Å². The molecule has 2 heterocycles. The van der Waals surface area contributed by atoms with Crippen molar-refractivity contribution in [2.75, 3.05) is 31.6 Å². The molecule has 1 fully saturated rings. The second-order valence-electron chi connectivity index (χ2n) is 6.99.